The number of carbonyl (C=O) groups excluding carboxylic acids is 3. The van der Waals surface area contributed by atoms with Gasteiger partial charge in [-0.15, -0.1) is 0 Å². The summed E-state index contributed by atoms with van der Waals surface area (Å²) in [6.45, 7) is 7.63. The van der Waals surface area contributed by atoms with Crippen molar-refractivity contribution in [1.29, 1.82) is 0 Å². The number of ether oxygens (including phenoxy) is 2. The average Bonchev–Trinajstić information content (AvgIpc) is 2.95. The van der Waals surface area contributed by atoms with Gasteiger partial charge >= 0.3 is 6.09 Å². The molecule has 8 heteroatoms. The molecular formula is C29H37N3O5. The van der Waals surface area contributed by atoms with Gasteiger partial charge in [-0.3, -0.25) is 9.59 Å². The van der Waals surface area contributed by atoms with E-state index in [1.807, 2.05) is 30.3 Å². The Kier molecular flexibility index (Phi) is 13.1. The molecule has 0 heterocycles. The van der Waals surface area contributed by atoms with Crippen molar-refractivity contribution in [3.63, 3.8) is 0 Å². The van der Waals surface area contributed by atoms with Crippen molar-refractivity contribution in [1.82, 2.24) is 16.0 Å². The molecule has 0 bridgehead atoms. The standard InChI is InChI=1S/C23H25N3O5.C6H12/c1-16(31-17(2)22(28)25-14-21(27)24-3)20-11-9-18(10-12-20)13-26-23(29)30-15-19-7-5-4-6-8-19;1-2-4-6-5-3-1/h4-12H,1-2,13-15H2,3H3,(H,24,27)(H,25,28)(H,26,29);1-6H2. The molecule has 37 heavy (non-hydrogen) atoms. The zero-order chi connectivity index (χ0) is 26.9. The van der Waals surface area contributed by atoms with Crippen molar-refractivity contribution in [3.8, 4) is 0 Å². The lowest BCUT2D eigenvalue weighted by Gasteiger charge is -2.12. The van der Waals surface area contributed by atoms with Crippen molar-refractivity contribution >= 4 is 23.7 Å². The van der Waals surface area contributed by atoms with E-state index in [-0.39, 0.29) is 37.1 Å². The average molecular weight is 508 g/mol. The molecule has 1 saturated carbocycles. The van der Waals surface area contributed by atoms with Crippen LogP contribution in [0.5, 0.6) is 0 Å². The highest BCUT2D eigenvalue weighted by Crippen LogP contribution is 2.18. The number of hydrogen-bond acceptors (Lipinski definition) is 5. The van der Waals surface area contributed by atoms with Crippen LogP contribution in [-0.2, 0) is 32.2 Å². The van der Waals surface area contributed by atoms with Gasteiger partial charge in [0.05, 0.1) is 6.54 Å². The molecule has 0 aliphatic heterocycles. The molecule has 0 radical (unpaired) electrons. The van der Waals surface area contributed by atoms with Crippen molar-refractivity contribution in [2.75, 3.05) is 13.6 Å². The Morgan fingerprint density at radius 2 is 1.41 bits per heavy atom. The zero-order valence-corrected chi connectivity index (χ0v) is 21.5. The monoisotopic (exact) mass is 507 g/mol. The Hall–Kier alpha value is -4.07. The van der Waals surface area contributed by atoms with Gasteiger partial charge < -0.3 is 25.4 Å². The van der Waals surface area contributed by atoms with Crippen molar-refractivity contribution in [2.45, 2.75) is 51.7 Å². The Labute approximate surface area is 219 Å². The van der Waals surface area contributed by atoms with E-state index >= 15 is 0 Å². The van der Waals surface area contributed by atoms with Crippen LogP contribution in [0.1, 0.15) is 55.2 Å². The van der Waals surface area contributed by atoms with Crippen LogP contribution in [0.15, 0.2) is 73.5 Å². The SMILES string of the molecule is C1CCCCC1.C=C(OC(=C)c1ccc(CNC(=O)OCc2ccccc2)cc1)C(=O)NCC(=O)NC. The van der Waals surface area contributed by atoms with Gasteiger partial charge in [-0.05, 0) is 11.1 Å². The summed E-state index contributed by atoms with van der Waals surface area (Å²) >= 11 is 0. The summed E-state index contributed by atoms with van der Waals surface area (Å²) in [4.78, 5) is 34.9. The van der Waals surface area contributed by atoms with Gasteiger partial charge in [-0.2, -0.15) is 0 Å². The maximum Gasteiger partial charge on any atom is 0.407 e. The van der Waals surface area contributed by atoms with E-state index in [9.17, 15) is 14.4 Å². The highest BCUT2D eigenvalue weighted by atomic mass is 16.5. The van der Waals surface area contributed by atoms with E-state index in [0.717, 1.165) is 11.1 Å². The van der Waals surface area contributed by atoms with E-state index in [0.29, 0.717) is 5.56 Å². The van der Waals surface area contributed by atoms with Crippen LogP contribution in [0.4, 0.5) is 4.79 Å². The van der Waals surface area contributed by atoms with Crippen LogP contribution in [0.3, 0.4) is 0 Å². The first-order valence-electron chi connectivity index (χ1n) is 12.5. The van der Waals surface area contributed by atoms with Crippen LogP contribution in [0, 0.1) is 0 Å². The highest BCUT2D eigenvalue weighted by Gasteiger charge is 2.12. The van der Waals surface area contributed by atoms with Gasteiger partial charge in [0.15, 0.2) is 5.76 Å². The summed E-state index contributed by atoms with van der Waals surface area (Å²) in [6, 6.07) is 16.5. The number of likely N-dealkylation sites (N-methyl/N-ethyl adjacent to an activating group) is 1. The Balaban J connectivity index is 0.000000700. The lowest BCUT2D eigenvalue weighted by atomic mass is 10.0. The Bertz CT molecular complexity index is 1020. The molecular weight excluding hydrogens is 470 g/mol. The Morgan fingerprint density at radius 1 is 0.811 bits per heavy atom. The summed E-state index contributed by atoms with van der Waals surface area (Å²) in [7, 11) is 1.47. The van der Waals surface area contributed by atoms with E-state index in [2.05, 4.69) is 29.1 Å². The quantitative estimate of drug-likeness (QED) is 0.316. The molecule has 1 aliphatic rings. The maximum atomic E-state index is 11.9. The largest absolute Gasteiger partial charge is 0.452 e. The third-order valence-corrected chi connectivity index (χ3v) is 5.61. The molecule has 2 aromatic carbocycles. The number of carbonyl (C=O) groups is 3. The lowest BCUT2D eigenvalue weighted by Crippen LogP contribution is -2.36. The molecule has 0 unspecified atom stereocenters. The first-order valence-corrected chi connectivity index (χ1v) is 12.5. The molecule has 3 amide bonds. The zero-order valence-electron chi connectivity index (χ0n) is 21.5. The maximum absolute atomic E-state index is 11.9. The number of nitrogens with one attached hydrogen (secondary N) is 3. The smallest absolute Gasteiger partial charge is 0.407 e. The summed E-state index contributed by atoms with van der Waals surface area (Å²) in [5, 5.41) is 7.44. The fourth-order valence-electron chi connectivity index (χ4n) is 3.42. The minimum Gasteiger partial charge on any atom is -0.452 e. The molecule has 3 N–H and O–H groups in total. The third-order valence-electron chi connectivity index (χ3n) is 5.61. The highest BCUT2D eigenvalue weighted by molar-refractivity contribution is 5.94. The van der Waals surface area contributed by atoms with Crippen LogP contribution in [0.2, 0.25) is 0 Å². The predicted molar refractivity (Wildman–Crippen MR) is 144 cm³/mol. The van der Waals surface area contributed by atoms with Gasteiger partial charge in [0, 0.05) is 19.2 Å². The minimum atomic E-state index is -0.611. The van der Waals surface area contributed by atoms with Gasteiger partial charge in [-0.25, -0.2) is 4.79 Å². The van der Waals surface area contributed by atoms with Crippen molar-refractivity contribution in [3.05, 3.63) is 90.2 Å². The fraction of sp³-hybridized carbons (Fsp3) is 0.345. The molecule has 0 saturated heterocycles. The molecule has 1 fully saturated rings. The van der Waals surface area contributed by atoms with E-state index < -0.39 is 12.0 Å². The third kappa shape index (κ3) is 11.9. The normalized spacial score (nSPS) is 12.1. The first-order chi connectivity index (χ1) is 17.9. The van der Waals surface area contributed by atoms with Crippen LogP contribution >= 0.6 is 0 Å². The van der Waals surface area contributed by atoms with Gasteiger partial charge in [0.1, 0.15) is 12.4 Å². The van der Waals surface area contributed by atoms with E-state index in [4.69, 9.17) is 9.47 Å². The molecule has 8 nitrogen and oxygen atoms in total. The van der Waals surface area contributed by atoms with E-state index in [1.165, 1.54) is 45.6 Å². The number of rotatable bonds is 10. The summed E-state index contributed by atoms with van der Waals surface area (Å²) in [5.41, 5.74) is 2.38. The summed E-state index contributed by atoms with van der Waals surface area (Å²) in [6.07, 6.45) is 8.49. The molecule has 0 aromatic heterocycles. The number of amides is 3. The van der Waals surface area contributed by atoms with Gasteiger partial charge in [-0.1, -0.05) is 106 Å². The molecule has 3 rings (SSSR count). The first kappa shape index (κ1) is 29.2. The van der Waals surface area contributed by atoms with Crippen LogP contribution in [-0.4, -0.2) is 31.5 Å². The number of benzene rings is 2. The number of hydrogen-bond donors (Lipinski definition) is 3. The van der Waals surface area contributed by atoms with Crippen LogP contribution in [0.25, 0.3) is 5.76 Å². The minimum absolute atomic E-state index is 0.180. The fourth-order valence-corrected chi connectivity index (χ4v) is 3.42. The Morgan fingerprint density at radius 3 is 1.97 bits per heavy atom. The summed E-state index contributed by atoms with van der Waals surface area (Å²) in [5.74, 6) is -0.907. The van der Waals surface area contributed by atoms with E-state index in [1.54, 1.807) is 24.3 Å². The second-order valence-corrected chi connectivity index (χ2v) is 8.54. The topological polar surface area (TPSA) is 106 Å². The molecule has 0 atom stereocenters. The molecule has 2 aromatic rings. The van der Waals surface area contributed by atoms with Crippen molar-refractivity contribution < 1.29 is 23.9 Å². The number of alkyl carbamates (subject to hydrolysis) is 1. The molecule has 198 valence electrons. The van der Waals surface area contributed by atoms with Crippen LogP contribution < -0.4 is 16.0 Å². The lowest BCUT2D eigenvalue weighted by molar-refractivity contribution is -0.125. The predicted octanol–water partition coefficient (Wildman–Crippen LogP) is 4.82. The van der Waals surface area contributed by atoms with Crippen molar-refractivity contribution in [2.24, 2.45) is 0 Å². The molecule has 0 spiro atoms. The second kappa shape index (κ2) is 16.6. The van der Waals surface area contributed by atoms with Gasteiger partial charge in [0.2, 0.25) is 5.91 Å². The second-order valence-electron chi connectivity index (χ2n) is 8.54. The molecule has 1 aliphatic carbocycles. The summed E-state index contributed by atoms with van der Waals surface area (Å²) < 4.78 is 10.5. The van der Waals surface area contributed by atoms with Gasteiger partial charge in [0.25, 0.3) is 5.91 Å².